The highest BCUT2D eigenvalue weighted by Gasteiger charge is 2.50. The summed E-state index contributed by atoms with van der Waals surface area (Å²) < 4.78 is 10.5. The second-order valence-corrected chi connectivity index (χ2v) is 9.32. The number of benzene rings is 1. The van der Waals surface area contributed by atoms with E-state index in [2.05, 4.69) is 10.6 Å². The quantitative estimate of drug-likeness (QED) is 0.491. The Balaban J connectivity index is 2.02. The Morgan fingerprint density at radius 3 is 2.09 bits per heavy atom. The fourth-order valence-electron chi connectivity index (χ4n) is 3.66. The lowest BCUT2D eigenvalue weighted by molar-refractivity contribution is -0.193. The van der Waals surface area contributed by atoms with Crippen LogP contribution >= 0.6 is 0 Å². The van der Waals surface area contributed by atoms with E-state index in [1.807, 2.05) is 58.0 Å². The molecule has 0 spiro atoms. The minimum absolute atomic E-state index is 0.00182. The van der Waals surface area contributed by atoms with Crippen LogP contribution in [0.1, 0.15) is 53.5 Å². The fourth-order valence-corrected chi connectivity index (χ4v) is 3.66. The van der Waals surface area contributed by atoms with Gasteiger partial charge in [0.05, 0.1) is 0 Å². The minimum Gasteiger partial charge on any atom is -0.459 e. The summed E-state index contributed by atoms with van der Waals surface area (Å²) in [5, 5.41) is 5.44. The van der Waals surface area contributed by atoms with E-state index in [0.717, 1.165) is 12.0 Å². The van der Waals surface area contributed by atoms with Gasteiger partial charge in [-0.3, -0.25) is 14.4 Å². The largest absolute Gasteiger partial charge is 0.459 e. The predicted molar refractivity (Wildman–Crippen MR) is 123 cm³/mol. The number of hydrogen-bond donors (Lipinski definition) is 2. The molecule has 1 fully saturated rings. The first-order valence-corrected chi connectivity index (χ1v) is 11.6. The van der Waals surface area contributed by atoms with Gasteiger partial charge in [0.15, 0.2) is 6.10 Å². The number of ether oxygens (including phenoxy) is 2. The van der Waals surface area contributed by atoms with E-state index in [4.69, 9.17) is 9.47 Å². The molecule has 8 nitrogen and oxygen atoms in total. The lowest BCUT2D eigenvalue weighted by Gasteiger charge is -2.38. The Labute approximate surface area is 195 Å². The van der Waals surface area contributed by atoms with Crippen molar-refractivity contribution in [2.24, 2.45) is 23.7 Å². The van der Waals surface area contributed by atoms with Gasteiger partial charge >= 0.3 is 11.9 Å². The van der Waals surface area contributed by atoms with Gasteiger partial charge in [0.25, 0.3) is 5.91 Å². The summed E-state index contributed by atoms with van der Waals surface area (Å²) in [5.41, 5.74) is 0.845. The molecule has 0 aliphatic carbocycles. The molecule has 33 heavy (non-hydrogen) atoms. The maximum Gasteiger partial charge on any atom is 0.329 e. The molecule has 1 heterocycles. The van der Waals surface area contributed by atoms with Gasteiger partial charge in [-0.2, -0.15) is 0 Å². The smallest absolute Gasteiger partial charge is 0.329 e. The molecule has 0 saturated carbocycles. The molecule has 2 rings (SSSR count). The summed E-state index contributed by atoms with van der Waals surface area (Å²) in [7, 11) is 0. The lowest BCUT2D eigenvalue weighted by atomic mass is 9.82. The number of esters is 2. The standard InChI is InChI=1S/C25H36N2O6/c1-7-16(6)18-21(33-24(18)30)23(29)26-19(14(2)3)22(28)27-20(15(4)5)25(31)32-13-17-11-9-8-10-12-17/h8-12,14-16,18-21H,7,13H2,1-6H3,(H,26,29)(H,27,28)/t16-,18-,19?,20-,21+/m0/s1. The van der Waals surface area contributed by atoms with E-state index >= 15 is 0 Å². The summed E-state index contributed by atoms with van der Waals surface area (Å²) in [6.45, 7) is 11.1. The molecule has 1 aliphatic heterocycles. The molecule has 5 atom stereocenters. The van der Waals surface area contributed by atoms with E-state index < -0.39 is 47.9 Å². The maximum absolute atomic E-state index is 13.0. The third kappa shape index (κ3) is 6.79. The van der Waals surface area contributed by atoms with E-state index in [1.165, 1.54) is 0 Å². The number of carbonyl (C=O) groups excluding carboxylic acids is 4. The van der Waals surface area contributed by atoms with Crippen molar-refractivity contribution >= 4 is 23.8 Å². The Morgan fingerprint density at radius 2 is 1.58 bits per heavy atom. The average molecular weight is 461 g/mol. The molecule has 1 unspecified atom stereocenters. The first-order valence-electron chi connectivity index (χ1n) is 11.6. The summed E-state index contributed by atoms with van der Waals surface area (Å²) in [6.07, 6.45) is -0.169. The SMILES string of the molecule is CC[C@H](C)[C@@H]1C(=O)O[C@H]1C(=O)NC(C(=O)N[C@H](C(=O)OCc1ccccc1)C(C)C)C(C)C. The van der Waals surface area contributed by atoms with E-state index in [9.17, 15) is 19.2 Å². The zero-order valence-corrected chi connectivity index (χ0v) is 20.3. The number of amides is 2. The molecule has 2 amide bonds. The Bertz CT molecular complexity index is 839. The number of nitrogens with one attached hydrogen (secondary N) is 2. The minimum atomic E-state index is -0.904. The second kappa shape index (κ2) is 11.8. The summed E-state index contributed by atoms with van der Waals surface area (Å²) in [4.78, 5) is 50.3. The van der Waals surface area contributed by atoms with Crippen molar-refractivity contribution < 1.29 is 28.7 Å². The van der Waals surface area contributed by atoms with Gasteiger partial charge in [-0.25, -0.2) is 4.79 Å². The third-order valence-corrected chi connectivity index (χ3v) is 6.05. The van der Waals surface area contributed by atoms with Gasteiger partial charge in [0, 0.05) is 0 Å². The van der Waals surface area contributed by atoms with Crippen LogP contribution in [0.15, 0.2) is 30.3 Å². The van der Waals surface area contributed by atoms with Crippen molar-refractivity contribution in [2.75, 3.05) is 0 Å². The summed E-state index contributed by atoms with van der Waals surface area (Å²) in [5.74, 6) is -2.90. The zero-order valence-electron chi connectivity index (χ0n) is 20.3. The number of carbonyl (C=O) groups is 4. The Hall–Kier alpha value is -2.90. The lowest BCUT2D eigenvalue weighted by Crippen LogP contribution is -2.61. The van der Waals surface area contributed by atoms with Gasteiger partial charge in [-0.1, -0.05) is 78.3 Å². The van der Waals surface area contributed by atoms with E-state index in [0.29, 0.717) is 0 Å². The molecule has 0 bridgehead atoms. The van der Waals surface area contributed by atoms with Gasteiger partial charge in [-0.15, -0.1) is 0 Å². The topological polar surface area (TPSA) is 111 Å². The second-order valence-electron chi connectivity index (χ2n) is 9.32. The van der Waals surface area contributed by atoms with Crippen LogP contribution in [0.2, 0.25) is 0 Å². The van der Waals surface area contributed by atoms with Crippen LogP contribution in [-0.4, -0.2) is 41.9 Å². The fraction of sp³-hybridized carbons (Fsp3) is 0.600. The Kier molecular flexibility index (Phi) is 9.44. The van der Waals surface area contributed by atoms with Crippen molar-refractivity contribution in [1.82, 2.24) is 10.6 Å². The highest BCUT2D eigenvalue weighted by atomic mass is 16.6. The Morgan fingerprint density at radius 1 is 0.970 bits per heavy atom. The van der Waals surface area contributed by atoms with Gasteiger partial charge in [-0.05, 0) is 23.3 Å². The summed E-state index contributed by atoms with van der Waals surface area (Å²) >= 11 is 0. The molecular formula is C25H36N2O6. The zero-order chi connectivity index (χ0) is 24.7. The number of hydrogen-bond acceptors (Lipinski definition) is 6. The summed E-state index contributed by atoms with van der Waals surface area (Å²) in [6, 6.07) is 7.52. The first-order chi connectivity index (χ1) is 15.6. The van der Waals surface area contributed by atoms with Crippen molar-refractivity contribution in [1.29, 1.82) is 0 Å². The molecule has 2 N–H and O–H groups in total. The molecule has 1 saturated heterocycles. The van der Waals surface area contributed by atoms with Crippen LogP contribution in [0.5, 0.6) is 0 Å². The van der Waals surface area contributed by atoms with Gasteiger partial charge < -0.3 is 20.1 Å². The van der Waals surface area contributed by atoms with Crippen molar-refractivity contribution in [3.63, 3.8) is 0 Å². The van der Waals surface area contributed by atoms with Crippen molar-refractivity contribution in [3.05, 3.63) is 35.9 Å². The molecule has 182 valence electrons. The first kappa shape index (κ1) is 26.4. The molecular weight excluding hydrogens is 424 g/mol. The molecule has 8 heteroatoms. The normalized spacial score (nSPS) is 20.3. The predicted octanol–water partition coefficient (Wildman–Crippen LogP) is 2.60. The van der Waals surface area contributed by atoms with Crippen LogP contribution in [0, 0.1) is 23.7 Å². The van der Waals surface area contributed by atoms with Crippen molar-refractivity contribution in [2.45, 2.75) is 72.8 Å². The molecule has 1 aromatic carbocycles. The number of rotatable bonds is 11. The van der Waals surface area contributed by atoms with Crippen LogP contribution in [0.25, 0.3) is 0 Å². The van der Waals surface area contributed by atoms with Crippen LogP contribution in [0.4, 0.5) is 0 Å². The number of cyclic esters (lactones) is 1. The monoisotopic (exact) mass is 460 g/mol. The highest BCUT2D eigenvalue weighted by Crippen LogP contribution is 2.31. The van der Waals surface area contributed by atoms with Crippen molar-refractivity contribution in [3.8, 4) is 0 Å². The molecule has 1 aliphatic rings. The van der Waals surface area contributed by atoms with Gasteiger partial charge in [0.2, 0.25) is 5.91 Å². The van der Waals surface area contributed by atoms with Crippen LogP contribution < -0.4 is 10.6 Å². The molecule has 0 aromatic heterocycles. The highest BCUT2D eigenvalue weighted by molar-refractivity contribution is 5.97. The van der Waals surface area contributed by atoms with Crippen LogP contribution in [0.3, 0.4) is 0 Å². The van der Waals surface area contributed by atoms with E-state index in [1.54, 1.807) is 13.8 Å². The molecule has 0 radical (unpaired) electrons. The molecule has 1 aromatic rings. The maximum atomic E-state index is 13.0. The third-order valence-electron chi connectivity index (χ3n) is 6.05. The average Bonchev–Trinajstić information content (AvgIpc) is 2.77. The van der Waals surface area contributed by atoms with E-state index in [-0.39, 0.29) is 24.4 Å². The van der Waals surface area contributed by atoms with Gasteiger partial charge in [0.1, 0.15) is 24.6 Å². The van der Waals surface area contributed by atoms with Crippen LogP contribution in [-0.2, 0) is 35.3 Å².